The van der Waals surface area contributed by atoms with Crippen molar-refractivity contribution >= 4 is 27.5 Å². The molecule has 0 unspecified atom stereocenters. The van der Waals surface area contributed by atoms with Crippen molar-refractivity contribution in [3.8, 4) is 35.4 Å². The van der Waals surface area contributed by atoms with Gasteiger partial charge in [-0.1, -0.05) is 12.0 Å². The van der Waals surface area contributed by atoms with Crippen molar-refractivity contribution in [3.63, 3.8) is 0 Å². The molecule has 2 aromatic carbocycles. The summed E-state index contributed by atoms with van der Waals surface area (Å²) < 4.78 is 54.2. The van der Waals surface area contributed by atoms with E-state index in [2.05, 4.69) is 25.8 Å². The van der Waals surface area contributed by atoms with Gasteiger partial charge in [-0.3, -0.25) is 9.88 Å². The van der Waals surface area contributed by atoms with Crippen molar-refractivity contribution in [2.75, 3.05) is 31.1 Å². The molecule has 3 aromatic heterocycles. The summed E-state index contributed by atoms with van der Waals surface area (Å²) in [5.41, 5.74) is -0.610. The second kappa shape index (κ2) is 10.3. The number of hydrogen-bond acceptors (Lipinski definition) is 8. The number of fused-ring (bicyclic) bond motifs is 4. The molecule has 0 radical (unpaired) electrons. The lowest BCUT2D eigenvalue weighted by atomic mass is 9.95. The molecule has 12 heteroatoms. The van der Waals surface area contributed by atoms with Gasteiger partial charge in [0.25, 0.3) is 0 Å². The minimum absolute atomic E-state index is 0.0397. The van der Waals surface area contributed by atoms with Gasteiger partial charge in [0.05, 0.1) is 23.0 Å². The topological polar surface area (TPSA) is 92.4 Å². The molecule has 2 atom stereocenters. The third kappa shape index (κ3) is 4.44. The summed E-state index contributed by atoms with van der Waals surface area (Å²) in [5, 5.41) is 11.5. The fourth-order valence-electron chi connectivity index (χ4n) is 7.27. The third-order valence-corrected chi connectivity index (χ3v) is 9.37. The number of aromatic nitrogens is 5. The van der Waals surface area contributed by atoms with E-state index in [0.717, 1.165) is 25.2 Å². The fraction of sp³-hybridized carbons (Fsp3) is 0.333. The number of terminal acetylenes is 1. The highest BCUT2D eigenvalue weighted by Crippen LogP contribution is 2.42. The van der Waals surface area contributed by atoms with Crippen molar-refractivity contribution in [1.82, 2.24) is 29.4 Å². The van der Waals surface area contributed by atoms with Crippen LogP contribution in [-0.2, 0) is 13.1 Å². The molecule has 2 saturated heterocycles. The Balaban J connectivity index is 1.28. The Morgan fingerprint density at radius 3 is 2.89 bits per heavy atom. The molecule has 1 N–H and O–H groups in total. The molecule has 228 valence electrons. The van der Waals surface area contributed by atoms with Crippen LogP contribution in [0.2, 0.25) is 0 Å². The Bertz CT molecular complexity index is 2040. The molecular weight excluding hydrogens is 583 g/mol. The first-order valence-corrected chi connectivity index (χ1v) is 14.9. The van der Waals surface area contributed by atoms with Gasteiger partial charge < -0.3 is 19.3 Å². The van der Waals surface area contributed by atoms with Crippen molar-refractivity contribution < 1.29 is 23.0 Å². The second-order valence-electron chi connectivity index (χ2n) is 12.0. The quantitative estimate of drug-likeness (QED) is 0.278. The van der Waals surface area contributed by atoms with Crippen LogP contribution in [0.1, 0.15) is 30.7 Å². The van der Waals surface area contributed by atoms with Crippen LogP contribution < -0.4 is 9.64 Å². The summed E-state index contributed by atoms with van der Waals surface area (Å²) >= 11 is 0. The van der Waals surface area contributed by atoms with Crippen LogP contribution in [0, 0.1) is 24.0 Å². The summed E-state index contributed by atoms with van der Waals surface area (Å²) in [5.74, 6) is 2.00. The number of pyridine rings is 1. The highest BCUT2D eigenvalue weighted by molar-refractivity contribution is 6.03. The first-order valence-electron chi connectivity index (χ1n) is 14.9. The molecule has 6 heterocycles. The van der Waals surface area contributed by atoms with Crippen LogP contribution in [0.25, 0.3) is 32.9 Å². The largest absolute Gasteiger partial charge is 0.508 e. The summed E-state index contributed by atoms with van der Waals surface area (Å²) in [6, 6.07) is 5.38. The molecule has 5 aromatic rings. The van der Waals surface area contributed by atoms with Gasteiger partial charge in [0.1, 0.15) is 47.2 Å². The average molecular weight is 612 g/mol. The van der Waals surface area contributed by atoms with E-state index < -0.39 is 23.3 Å². The Hall–Kier alpha value is -4.89. The SMILES string of the molecule is C#Cc1c(F)ccc2cc(O)cc(-c3ncc4c(N5CCn6ccnc6C5)nc(OC[C@]56CCCN5C[C@@H](F)C6)nc4c3F)c12. The lowest BCUT2D eigenvalue weighted by Crippen LogP contribution is -2.43. The van der Waals surface area contributed by atoms with E-state index in [0.29, 0.717) is 49.2 Å². The van der Waals surface area contributed by atoms with Gasteiger partial charge in [0.2, 0.25) is 0 Å². The van der Waals surface area contributed by atoms with E-state index in [4.69, 9.17) is 16.1 Å². The lowest BCUT2D eigenvalue weighted by molar-refractivity contribution is 0.107. The van der Waals surface area contributed by atoms with Crippen LogP contribution in [0.5, 0.6) is 11.8 Å². The molecule has 45 heavy (non-hydrogen) atoms. The van der Waals surface area contributed by atoms with Gasteiger partial charge in [0.15, 0.2) is 5.82 Å². The lowest BCUT2D eigenvalue weighted by Gasteiger charge is -2.31. The molecule has 2 fully saturated rings. The van der Waals surface area contributed by atoms with Crippen LogP contribution in [0.3, 0.4) is 0 Å². The number of imidazole rings is 1. The minimum atomic E-state index is -0.931. The van der Waals surface area contributed by atoms with Gasteiger partial charge in [-0.2, -0.15) is 9.97 Å². The Labute approximate surface area is 256 Å². The number of hydrogen-bond donors (Lipinski definition) is 1. The summed E-state index contributed by atoms with van der Waals surface area (Å²) in [7, 11) is 0. The van der Waals surface area contributed by atoms with Crippen LogP contribution in [0.15, 0.2) is 42.9 Å². The number of rotatable bonds is 5. The first-order chi connectivity index (χ1) is 21.8. The van der Waals surface area contributed by atoms with Gasteiger partial charge in [-0.25, -0.2) is 18.2 Å². The minimum Gasteiger partial charge on any atom is -0.508 e. The molecule has 8 rings (SSSR count). The number of halogens is 3. The Morgan fingerprint density at radius 2 is 2.02 bits per heavy atom. The zero-order valence-corrected chi connectivity index (χ0v) is 24.2. The highest BCUT2D eigenvalue weighted by atomic mass is 19.1. The zero-order valence-electron chi connectivity index (χ0n) is 24.2. The standard InChI is InChI=1S/C33H28F3N7O2/c1-2-22-25(35)5-4-19-12-21(44)13-23(27(19)22)29-28(36)30-24(15-38-29)31(42-11-10-41-9-7-37-26(41)17-42)40-32(39-30)45-18-33-6-3-8-43(33)16-20(34)14-33/h1,4-5,7,9,12-13,15,20,44H,3,6,8,10-11,14,16-18H2/t20-,33+/m0/s1. The van der Waals surface area contributed by atoms with Crippen LogP contribution in [0.4, 0.5) is 19.0 Å². The van der Waals surface area contributed by atoms with Crippen molar-refractivity contribution in [3.05, 3.63) is 65.9 Å². The maximum absolute atomic E-state index is 16.7. The normalized spacial score (nSPS) is 21.3. The highest BCUT2D eigenvalue weighted by Gasteiger charge is 2.49. The molecule has 0 aliphatic carbocycles. The monoisotopic (exact) mass is 611 g/mol. The predicted octanol–water partition coefficient (Wildman–Crippen LogP) is 4.98. The Kier molecular flexibility index (Phi) is 6.35. The number of phenolic OH excluding ortho intramolecular Hbond substituents is 1. The van der Waals surface area contributed by atoms with E-state index in [1.54, 1.807) is 6.20 Å². The molecular formula is C33H28F3N7O2. The van der Waals surface area contributed by atoms with E-state index in [1.165, 1.54) is 30.5 Å². The van der Waals surface area contributed by atoms with Crippen LogP contribution in [-0.4, -0.2) is 72.5 Å². The number of phenols is 1. The summed E-state index contributed by atoms with van der Waals surface area (Å²) in [4.78, 5) is 22.3. The maximum Gasteiger partial charge on any atom is 0.319 e. The molecule has 3 aliphatic heterocycles. The Morgan fingerprint density at radius 1 is 1.13 bits per heavy atom. The van der Waals surface area contributed by atoms with Gasteiger partial charge in [-0.15, -0.1) is 6.42 Å². The number of benzene rings is 2. The number of ether oxygens (including phenoxy) is 1. The molecule has 9 nitrogen and oxygen atoms in total. The second-order valence-corrected chi connectivity index (χ2v) is 12.0. The van der Waals surface area contributed by atoms with E-state index >= 15 is 4.39 Å². The first kappa shape index (κ1) is 27.6. The predicted molar refractivity (Wildman–Crippen MR) is 162 cm³/mol. The van der Waals surface area contributed by atoms with Crippen LogP contribution >= 0.6 is 0 Å². The average Bonchev–Trinajstić information content (AvgIpc) is 3.73. The van der Waals surface area contributed by atoms with Crippen molar-refractivity contribution in [2.45, 2.75) is 44.1 Å². The molecule has 0 saturated carbocycles. The van der Waals surface area contributed by atoms with Crippen molar-refractivity contribution in [1.29, 1.82) is 0 Å². The van der Waals surface area contributed by atoms with E-state index in [-0.39, 0.29) is 46.1 Å². The number of anilines is 1. The number of nitrogens with zero attached hydrogens (tertiary/aromatic N) is 7. The molecule has 0 amide bonds. The molecule has 3 aliphatic rings. The number of aromatic hydroxyl groups is 1. The maximum atomic E-state index is 16.7. The van der Waals surface area contributed by atoms with Gasteiger partial charge in [0, 0.05) is 55.6 Å². The van der Waals surface area contributed by atoms with E-state index in [1.807, 2.05) is 15.7 Å². The van der Waals surface area contributed by atoms with Gasteiger partial charge in [-0.05, 0) is 43.0 Å². The molecule has 0 spiro atoms. The van der Waals surface area contributed by atoms with Crippen molar-refractivity contribution in [2.24, 2.45) is 0 Å². The third-order valence-electron chi connectivity index (χ3n) is 9.37. The summed E-state index contributed by atoms with van der Waals surface area (Å²) in [6.45, 7) is 2.99. The zero-order chi connectivity index (χ0) is 30.9. The number of alkyl halides is 1. The summed E-state index contributed by atoms with van der Waals surface area (Å²) in [6.07, 6.45) is 12.0. The van der Waals surface area contributed by atoms with E-state index in [9.17, 15) is 13.9 Å². The van der Waals surface area contributed by atoms with Gasteiger partial charge >= 0.3 is 6.01 Å². The fourth-order valence-corrected chi connectivity index (χ4v) is 7.27. The smallest absolute Gasteiger partial charge is 0.319 e. The molecule has 0 bridgehead atoms.